The Balaban J connectivity index is 2.03. The fourth-order valence-electron chi connectivity index (χ4n) is 2.54. The Hall–Kier alpha value is -1.66. The van der Waals surface area contributed by atoms with Crippen LogP contribution >= 0.6 is 0 Å². The van der Waals surface area contributed by atoms with E-state index >= 15 is 0 Å². The lowest BCUT2D eigenvalue weighted by Crippen LogP contribution is -2.41. The highest BCUT2D eigenvalue weighted by Crippen LogP contribution is 2.33. The Bertz CT molecular complexity index is 575. The Morgan fingerprint density at radius 1 is 1.37 bits per heavy atom. The summed E-state index contributed by atoms with van der Waals surface area (Å²) in [4.78, 5) is 12.3. The van der Waals surface area contributed by atoms with Crippen LogP contribution in [0.2, 0.25) is 0 Å². The van der Waals surface area contributed by atoms with Crippen molar-refractivity contribution in [2.45, 2.75) is 18.3 Å². The molecule has 102 valence electrons. The zero-order valence-corrected chi connectivity index (χ0v) is 11.0. The van der Waals surface area contributed by atoms with Gasteiger partial charge in [0.25, 0.3) is 0 Å². The molecule has 6 nitrogen and oxygen atoms in total. The van der Waals surface area contributed by atoms with Crippen LogP contribution in [0.3, 0.4) is 0 Å². The van der Waals surface area contributed by atoms with Crippen molar-refractivity contribution < 1.29 is 9.47 Å². The smallest absolute Gasteiger partial charge is 0.215 e. The van der Waals surface area contributed by atoms with Crippen LogP contribution in [0.15, 0.2) is 12.1 Å². The van der Waals surface area contributed by atoms with Gasteiger partial charge in [0.1, 0.15) is 5.82 Å². The van der Waals surface area contributed by atoms with Gasteiger partial charge >= 0.3 is 0 Å². The highest BCUT2D eigenvalue weighted by Gasteiger charge is 2.36. The van der Waals surface area contributed by atoms with Crippen molar-refractivity contribution in [3.8, 4) is 5.88 Å². The van der Waals surface area contributed by atoms with E-state index in [2.05, 4.69) is 15.0 Å². The Kier molecular flexibility index (Phi) is 3.12. The van der Waals surface area contributed by atoms with Gasteiger partial charge in [-0.1, -0.05) is 0 Å². The number of hydrogen-bond acceptors (Lipinski definition) is 5. The molecule has 3 N–H and O–H groups in total. The number of H-pyrrole nitrogens is 1. The van der Waals surface area contributed by atoms with E-state index in [1.54, 1.807) is 7.11 Å². The van der Waals surface area contributed by atoms with Crippen LogP contribution in [-0.2, 0) is 10.2 Å². The molecule has 0 radical (unpaired) electrons. The van der Waals surface area contributed by atoms with Crippen LogP contribution in [0.5, 0.6) is 5.88 Å². The number of aromatic amines is 1. The quantitative estimate of drug-likeness (QED) is 0.861. The highest BCUT2D eigenvalue weighted by atomic mass is 16.5. The second-order valence-electron chi connectivity index (χ2n) is 4.91. The maximum Gasteiger partial charge on any atom is 0.215 e. The number of nitrogens with zero attached hydrogens (tertiary/aromatic N) is 2. The van der Waals surface area contributed by atoms with Crippen molar-refractivity contribution in [2.75, 3.05) is 26.9 Å². The topological polar surface area (TPSA) is 86.0 Å². The summed E-state index contributed by atoms with van der Waals surface area (Å²) in [6.07, 6.45) is 1.78. The normalized spacial score (nSPS) is 18.6. The average molecular weight is 262 g/mol. The number of nitrogens with two attached hydrogens (primary N) is 1. The van der Waals surface area contributed by atoms with Crippen molar-refractivity contribution in [3.05, 3.63) is 18.0 Å². The molecule has 0 aromatic carbocycles. The van der Waals surface area contributed by atoms with Crippen molar-refractivity contribution in [1.29, 1.82) is 0 Å². The Labute approximate surface area is 111 Å². The molecule has 0 saturated carbocycles. The minimum atomic E-state index is -0.119. The van der Waals surface area contributed by atoms with E-state index in [9.17, 15) is 0 Å². The lowest BCUT2D eigenvalue weighted by molar-refractivity contribution is 0.0503. The first kappa shape index (κ1) is 12.4. The van der Waals surface area contributed by atoms with E-state index in [4.69, 9.17) is 15.2 Å². The van der Waals surface area contributed by atoms with Gasteiger partial charge in [0.05, 0.1) is 12.6 Å². The molecule has 0 aliphatic carbocycles. The van der Waals surface area contributed by atoms with E-state index in [1.807, 2.05) is 12.1 Å². The number of methoxy groups -OCH3 is 1. The molecule has 3 heterocycles. The summed E-state index contributed by atoms with van der Waals surface area (Å²) in [5.41, 5.74) is 7.46. The fourth-order valence-corrected chi connectivity index (χ4v) is 2.54. The number of aromatic nitrogens is 3. The standard InChI is InChI=1S/C13H18N4O2/c1-18-10-3-2-9-11(16-10)17-12(15-9)13(8-14)4-6-19-7-5-13/h2-3H,4-8,14H2,1H3,(H,15,16,17). The lowest BCUT2D eigenvalue weighted by Gasteiger charge is -2.34. The summed E-state index contributed by atoms with van der Waals surface area (Å²) in [5, 5.41) is 0. The second-order valence-corrected chi connectivity index (χ2v) is 4.91. The van der Waals surface area contributed by atoms with Gasteiger partial charge < -0.3 is 20.2 Å². The third kappa shape index (κ3) is 2.06. The molecule has 1 aliphatic heterocycles. The average Bonchev–Trinajstić information content (AvgIpc) is 2.91. The summed E-state index contributed by atoms with van der Waals surface area (Å²) in [5.74, 6) is 1.48. The molecule has 0 unspecified atom stereocenters. The number of nitrogens with one attached hydrogen (secondary N) is 1. The van der Waals surface area contributed by atoms with Gasteiger partial charge in [0.2, 0.25) is 5.88 Å². The van der Waals surface area contributed by atoms with E-state index in [1.165, 1.54) is 0 Å². The largest absolute Gasteiger partial charge is 0.481 e. The Morgan fingerprint density at radius 2 is 2.16 bits per heavy atom. The van der Waals surface area contributed by atoms with Crippen molar-refractivity contribution in [3.63, 3.8) is 0 Å². The van der Waals surface area contributed by atoms with Gasteiger partial charge in [-0.2, -0.15) is 4.98 Å². The number of pyridine rings is 1. The van der Waals surface area contributed by atoms with E-state index in [0.717, 1.165) is 37.4 Å². The van der Waals surface area contributed by atoms with Crippen molar-refractivity contribution in [2.24, 2.45) is 5.73 Å². The first-order chi connectivity index (χ1) is 9.27. The van der Waals surface area contributed by atoms with Crippen molar-refractivity contribution >= 4 is 11.2 Å². The number of ether oxygens (including phenoxy) is 2. The molecule has 2 aromatic heterocycles. The molecule has 19 heavy (non-hydrogen) atoms. The molecular weight excluding hydrogens is 244 g/mol. The number of rotatable bonds is 3. The van der Waals surface area contributed by atoms with Gasteiger partial charge in [-0.05, 0) is 18.9 Å². The van der Waals surface area contributed by atoms with Crippen LogP contribution in [0.25, 0.3) is 11.2 Å². The van der Waals surface area contributed by atoms with Gasteiger partial charge in [-0.15, -0.1) is 0 Å². The van der Waals surface area contributed by atoms with Crippen LogP contribution in [0, 0.1) is 0 Å². The highest BCUT2D eigenvalue weighted by molar-refractivity contribution is 5.71. The van der Waals surface area contributed by atoms with Crippen LogP contribution in [-0.4, -0.2) is 41.8 Å². The monoisotopic (exact) mass is 262 g/mol. The summed E-state index contributed by atoms with van der Waals surface area (Å²) < 4.78 is 10.5. The van der Waals surface area contributed by atoms with E-state index in [-0.39, 0.29) is 5.41 Å². The van der Waals surface area contributed by atoms with Gasteiger partial charge in [-0.25, -0.2) is 4.98 Å². The maximum absolute atomic E-state index is 5.99. The molecule has 0 spiro atoms. The molecule has 1 aliphatic rings. The molecule has 0 amide bonds. The molecule has 1 fully saturated rings. The SMILES string of the molecule is COc1ccc2[nH]c(C3(CN)CCOCC3)nc2n1. The molecule has 1 saturated heterocycles. The summed E-state index contributed by atoms with van der Waals surface area (Å²) >= 11 is 0. The third-order valence-electron chi connectivity index (χ3n) is 3.87. The zero-order valence-electron chi connectivity index (χ0n) is 11.0. The fraction of sp³-hybridized carbons (Fsp3) is 0.538. The van der Waals surface area contributed by atoms with Gasteiger partial charge in [-0.3, -0.25) is 0 Å². The number of imidazole rings is 1. The Morgan fingerprint density at radius 3 is 2.84 bits per heavy atom. The lowest BCUT2D eigenvalue weighted by atomic mass is 9.79. The summed E-state index contributed by atoms with van der Waals surface area (Å²) in [6, 6.07) is 3.75. The second kappa shape index (κ2) is 4.79. The minimum Gasteiger partial charge on any atom is -0.481 e. The predicted octanol–water partition coefficient (Wildman–Crippen LogP) is 0.973. The summed E-state index contributed by atoms with van der Waals surface area (Å²) in [7, 11) is 1.60. The van der Waals surface area contributed by atoms with E-state index in [0.29, 0.717) is 18.1 Å². The number of fused-ring (bicyclic) bond motifs is 1. The molecule has 0 atom stereocenters. The molecule has 6 heteroatoms. The van der Waals surface area contributed by atoms with Gasteiger partial charge in [0.15, 0.2) is 5.65 Å². The third-order valence-corrected chi connectivity index (χ3v) is 3.87. The zero-order chi connectivity index (χ0) is 13.3. The van der Waals surface area contributed by atoms with Crippen LogP contribution in [0.1, 0.15) is 18.7 Å². The predicted molar refractivity (Wildman–Crippen MR) is 71.2 cm³/mol. The maximum atomic E-state index is 5.99. The first-order valence-corrected chi connectivity index (χ1v) is 6.46. The molecule has 2 aromatic rings. The molecular formula is C13H18N4O2. The summed E-state index contributed by atoms with van der Waals surface area (Å²) in [6.45, 7) is 2.02. The number of hydrogen-bond donors (Lipinski definition) is 2. The molecule has 3 rings (SSSR count). The first-order valence-electron chi connectivity index (χ1n) is 6.46. The van der Waals surface area contributed by atoms with Crippen LogP contribution in [0.4, 0.5) is 0 Å². The minimum absolute atomic E-state index is 0.119. The van der Waals surface area contributed by atoms with Crippen molar-refractivity contribution in [1.82, 2.24) is 15.0 Å². The van der Waals surface area contributed by atoms with E-state index < -0.39 is 0 Å². The van der Waals surface area contributed by atoms with Gasteiger partial charge in [0, 0.05) is 31.2 Å². The molecule has 0 bridgehead atoms. The van der Waals surface area contributed by atoms with Crippen LogP contribution < -0.4 is 10.5 Å².